The Hall–Kier alpha value is -0.510. The van der Waals surface area contributed by atoms with Crippen LogP contribution in [0.4, 0.5) is 0 Å². The summed E-state index contributed by atoms with van der Waals surface area (Å²) in [6.07, 6.45) is 5.05. The normalized spacial score (nSPS) is 20.8. The number of rotatable bonds is 10. The number of ether oxygens (including phenoxy) is 2. The highest BCUT2D eigenvalue weighted by molar-refractivity contribution is 14.0. The van der Waals surface area contributed by atoms with Crippen LogP contribution in [-0.2, 0) is 9.47 Å². The van der Waals surface area contributed by atoms with Crippen LogP contribution in [0.5, 0.6) is 0 Å². The predicted molar refractivity (Wildman–Crippen MR) is 123 cm³/mol. The van der Waals surface area contributed by atoms with E-state index in [1.807, 2.05) is 11.8 Å². The van der Waals surface area contributed by atoms with Crippen molar-refractivity contribution >= 4 is 41.7 Å². The number of benzene rings is 1. The molecule has 3 rings (SSSR count). The van der Waals surface area contributed by atoms with Crippen LogP contribution < -0.4 is 10.6 Å². The van der Waals surface area contributed by atoms with Gasteiger partial charge < -0.3 is 20.1 Å². The van der Waals surface area contributed by atoms with E-state index in [1.165, 1.54) is 17.7 Å². The monoisotopic (exact) mass is 505 g/mol. The van der Waals surface area contributed by atoms with Crippen molar-refractivity contribution in [3.8, 4) is 0 Å². The van der Waals surface area contributed by atoms with E-state index in [0.717, 1.165) is 45.0 Å². The lowest BCUT2D eigenvalue weighted by atomic mass is 10.2. The quantitative estimate of drug-likeness (QED) is 0.220. The van der Waals surface area contributed by atoms with Crippen LogP contribution in [0.1, 0.15) is 32.6 Å². The minimum atomic E-state index is 0. The van der Waals surface area contributed by atoms with E-state index in [2.05, 4.69) is 47.9 Å². The molecule has 27 heavy (non-hydrogen) atoms. The smallest absolute Gasteiger partial charge is 0.191 e. The van der Waals surface area contributed by atoms with E-state index in [0.29, 0.717) is 19.3 Å². The first-order valence-corrected chi connectivity index (χ1v) is 10.6. The molecule has 5 nitrogen and oxygen atoms in total. The topological polar surface area (TPSA) is 54.9 Å². The summed E-state index contributed by atoms with van der Waals surface area (Å²) in [7, 11) is 0. The summed E-state index contributed by atoms with van der Waals surface area (Å²) in [6.45, 7) is 6.82. The average molecular weight is 505 g/mol. The first kappa shape index (κ1) is 22.8. The summed E-state index contributed by atoms with van der Waals surface area (Å²) in [4.78, 5) is 6.15. The molecule has 1 saturated heterocycles. The van der Waals surface area contributed by atoms with Crippen molar-refractivity contribution in [3.05, 3.63) is 30.3 Å². The van der Waals surface area contributed by atoms with Crippen molar-refractivity contribution in [1.82, 2.24) is 10.6 Å². The Morgan fingerprint density at radius 1 is 1.30 bits per heavy atom. The van der Waals surface area contributed by atoms with E-state index in [4.69, 9.17) is 14.5 Å². The Kier molecular flexibility index (Phi) is 10.2. The third kappa shape index (κ3) is 8.17. The zero-order valence-electron chi connectivity index (χ0n) is 16.1. The summed E-state index contributed by atoms with van der Waals surface area (Å²) >= 11 is 1.96. The average Bonchev–Trinajstić information content (AvgIpc) is 3.21. The fraction of sp³-hybridized carbons (Fsp3) is 0.650. The molecule has 1 atom stereocenters. The number of hydrogen-bond donors (Lipinski definition) is 2. The van der Waals surface area contributed by atoms with Crippen molar-refractivity contribution in [3.63, 3.8) is 0 Å². The molecule has 152 valence electrons. The maximum absolute atomic E-state index is 5.71. The van der Waals surface area contributed by atoms with Gasteiger partial charge in [-0.05, 0) is 44.7 Å². The summed E-state index contributed by atoms with van der Waals surface area (Å²) in [5.74, 6) is 0.883. The Labute approximate surface area is 184 Å². The van der Waals surface area contributed by atoms with Crippen LogP contribution in [0.25, 0.3) is 0 Å². The van der Waals surface area contributed by atoms with E-state index >= 15 is 0 Å². The minimum absolute atomic E-state index is 0. The number of guanidine groups is 1. The molecule has 1 aromatic rings. The van der Waals surface area contributed by atoms with Crippen molar-refractivity contribution in [2.75, 3.05) is 39.5 Å². The fourth-order valence-corrected chi connectivity index (χ4v) is 4.20. The van der Waals surface area contributed by atoms with Crippen LogP contribution in [0.2, 0.25) is 0 Å². The Morgan fingerprint density at radius 3 is 2.78 bits per heavy atom. The maximum Gasteiger partial charge on any atom is 0.191 e. The van der Waals surface area contributed by atoms with Crippen LogP contribution >= 0.6 is 35.7 Å². The SMILES string of the molecule is CCNC(=NCC1(Sc2ccccc2)CC1)NCCOCC1CCCO1.I. The zero-order valence-corrected chi connectivity index (χ0v) is 19.3. The second-order valence-corrected chi connectivity index (χ2v) is 8.47. The molecule has 1 aliphatic carbocycles. The highest BCUT2D eigenvalue weighted by Gasteiger charge is 2.43. The van der Waals surface area contributed by atoms with Gasteiger partial charge in [-0.3, -0.25) is 4.99 Å². The lowest BCUT2D eigenvalue weighted by molar-refractivity contribution is 0.0191. The third-order valence-electron chi connectivity index (χ3n) is 4.62. The molecule has 2 aliphatic rings. The molecule has 2 N–H and O–H groups in total. The Balaban J connectivity index is 0.00000261. The molecule has 0 bridgehead atoms. The van der Waals surface area contributed by atoms with Gasteiger partial charge in [0.05, 0.1) is 25.9 Å². The fourth-order valence-electron chi connectivity index (χ4n) is 2.97. The lowest BCUT2D eigenvalue weighted by Crippen LogP contribution is -2.39. The highest BCUT2D eigenvalue weighted by atomic mass is 127. The van der Waals surface area contributed by atoms with Crippen molar-refractivity contribution in [1.29, 1.82) is 0 Å². The van der Waals surface area contributed by atoms with Gasteiger partial charge in [-0.25, -0.2) is 0 Å². The van der Waals surface area contributed by atoms with Gasteiger partial charge in [-0.15, -0.1) is 35.7 Å². The molecular weight excluding hydrogens is 473 g/mol. The van der Waals surface area contributed by atoms with Gasteiger partial charge in [0.2, 0.25) is 0 Å². The first-order chi connectivity index (χ1) is 12.8. The zero-order chi connectivity index (χ0) is 18.1. The molecular formula is C20H32IN3O2S. The standard InChI is InChI=1S/C20H31N3O2S.HI/c1-2-21-19(22-12-14-24-15-17-7-6-13-25-17)23-16-20(10-11-20)26-18-8-4-3-5-9-18;/h3-5,8-9,17H,2,6-7,10-16H2,1H3,(H2,21,22,23);1H. The summed E-state index contributed by atoms with van der Waals surface area (Å²) in [5.41, 5.74) is 0. The number of nitrogens with one attached hydrogen (secondary N) is 2. The summed E-state index contributed by atoms with van der Waals surface area (Å²) in [5, 5.41) is 6.70. The second-order valence-electron chi connectivity index (χ2n) is 6.93. The molecule has 7 heteroatoms. The molecule has 1 aromatic carbocycles. The summed E-state index contributed by atoms with van der Waals surface area (Å²) in [6, 6.07) is 10.6. The van der Waals surface area contributed by atoms with E-state index in [-0.39, 0.29) is 28.7 Å². The predicted octanol–water partition coefficient (Wildman–Crippen LogP) is 3.68. The number of halogens is 1. The van der Waals surface area contributed by atoms with E-state index in [1.54, 1.807) is 0 Å². The van der Waals surface area contributed by atoms with Crippen molar-refractivity contribution in [2.24, 2.45) is 4.99 Å². The molecule has 1 saturated carbocycles. The van der Waals surface area contributed by atoms with Gasteiger partial charge >= 0.3 is 0 Å². The van der Waals surface area contributed by atoms with Crippen molar-refractivity contribution < 1.29 is 9.47 Å². The van der Waals surface area contributed by atoms with E-state index in [9.17, 15) is 0 Å². The molecule has 0 spiro atoms. The summed E-state index contributed by atoms with van der Waals surface area (Å²) < 4.78 is 11.6. The first-order valence-electron chi connectivity index (χ1n) is 9.75. The molecule has 1 unspecified atom stereocenters. The Morgan fingerprint density at radius 2 is 2.11 bits per heavy atom. The van der Waals surface area contributed by atoms with Crippen LogP contribution in [0.15, 0.2) is 40.2 Å². The molecule has 1 aliphatic heterocycles. The van der Waals surface area contributed by atoms with Crippen LogP contribution in [0.3, 0.4) is 0 Å². The molecule has 1 heterocycles. The van der Waals surface area contributed by atoms with Gasteiger partial charge in [0, 0.05) is 29.3 Å². The van der Waals surface area contributed by atoms with Gasteiger partial charge in [0.15, 0.2) is 5.96 Å². The molecule has 0 aromatic heterocycles. The number of thioether (sulfide) groups is 1. The van der Waals surface area contributed by atoms with Crippen molar-refractivity contribution in [2.45, 2.75) is 48.4 Å². The third-order valence-corrected chi connectivity index (χ3v) is 6.10. The van der Waals surface area contributed by atoms with Gasteiger partial charge in [-0.2, -0.15) is 0 Å². The Bertz CT molecular complexity index is 564. The molecule has 2 fully saturated rings. The van der Waals surface area contributed by atoms with Gasteiger partial charge in [0.25, 0.3) is 0 Å². The minimum Gasteiger partial charge on any atom is -0.377 e. The second kappa shape index (κ2) is 12.1. The van der Waals surface area contributed by atoms with E-state index < -0.39 is 0 Å². The highest BCUT2D eigenvalue weighted by Crippen LogP contribution is 2.51. The number of hydrogen-bond acceptors (Lipinski definition) is 4. The lowest BCUT2D eigenvalue weighted by Gasteiger charge is -2.16. The number of aliphatic imine (C=N–C) groups is 1. The van der Waals surface area contributed by atoms with Gasteiger partial charge in [-0.1, -0.05) is 18.2 Å². The van der Waals surface area contributed by atoms with Crippen LogP contribution in [0, 0.1) is 0 Å². The van der Waals surface area contributed by atoms with Gasteiger partial charge in [0.1, 0.15) is 0 Å². The maximum atomic E-state index is 5.71. The van der Waals surface area contributed by atoms with Crippen LogP contribution in [-0.4, -0.2) is 56.3 Å². The molecule has 0 amide bonds. The largest absolute Gasteiger partial charge is 0.377 e. The number of nitrogens with zero attached hydrogens (tertiary/aromatic N) is 1. The molecule has 0 radical (unpaired) electrons.